The Bertz CT molecular complexity index is 195. The number of aryl methyl sites for hydroxylation is 1. The highest BCUT2D eigenvalue weighted by atomic mass is 15.3. The van der Waals surface area contributed by atoms with Gasteiger partial charge in [-0.25, -0.2) is 4.98 Å². The van der Waals surface area contributed by atoms with Crippen LogP contribution in [0.25, 0.3) is 0 Å². The van der Waals surface area contributed by atoms with Crippen molar-refractivity contribution in [3.05, 3.63) is 12.7 Å². The number of rotatable bonds is 5. The molecule has 0 aliphatic rings. The summed E-state index contributed by atoms with van der Waals surface area (Å²) in [4.78, 5) is 3.87. The van der Waals surface area contributed by atoms with Crippen molar-refractivity contribution >= 4 is 0 Å². The summed E-state index contributed by atoms with van der Waals surface area (Å²) in [5, 5.41) is 4.02. The zero-order valence-corrected chi connectivity index (χ0v) is 7.48. The van der Waals surface area contributed by atoms with Crippen LogP contribution in [0.3, 0.4) is 0 Å². The third-order valence-corrected chi connectivity index (χ3v) is 1.98. The van der Waals surface area contributed by atoms with Gasteiger partial charge in [-0.15, -0.1) is 0 Å². The third-order valence-electron chi connectivity index (χ3n) is 1.98. The molecule has 0 aromatic carbocycles. The molecule has 1 rings (SSSR count). The number of nitrogens with zero attached hydrogens (tertiary/aromatic N) is 3. The molecule has 0 amide bonds. The first-order valence-electron chi connectivity index (χ1n) is 4.35. The minimum atomic E-state index is 0.680. The molecule has 2 N–H and O–H groups in total. The number of aromatic nitrogens is 3. The molecule has 0 saturated carbocycles. The van der Waals surface area contributed by atoms with Crippen LogP contribution in [0.5, 0.6) is 0 Å². The van der Waals surface area contributed by atoms with E-state index in [0.29, 0.717) is 5.92 Å². The molecule has 0 radical (unpaired) electrons. The van der Waals surface area contributed by atoms with Crippen molar-refractivity contribution in [1.29, 1.82) is 0 Å². The van der Waals surface area contributed by atoms with E-state index < -0.39 is 0 Å². The van der Waals surface area contributed by atoms with Gasteiger partial charge in [0.15, 0.2) is 0 Å². The average Bonchev–Trinajstić information content (AvgIpc) is 2.53. The molecule has 1 aromatic heterocycles. The van der Waals surface area contributed by atoms with Gasteiger partial charge in [-0.1, -0.05) is 6.92 Å². The molecule has 0 bridgehead atoms. The lowest BCUT2D eigenvalue weighted by Crippen LogP contribution is -2.09. The van der Waals surface area contributed by atoms with E-state index in [4.69, 9.17) is 5.73 Å². The maximum Gasteiger partial charge on any atom is 0.137 e. The van der Waals surface area contributed by atoms with Crippen molar-refractivity contribution in [1.82, 2.24) is 14.8 Å². The van der Waals surface area contributed by atoms with Gasteiger partial charge in [0.2, 0.25) is 0 Å². The van der Waals surface area contributed by atoms with Gasteiger partial charge in [-0.3, -0.25) is 4.68 Å². The fourth-order valence-electron chi connectivity index (χ4n) is 1.13. The van der Waals surface area contributed by atoms with Gasteiger partial charge < -0.3 is 5.73 Å². The first-order valence-corrected chi connectivity index (χ1v) is 4.35. The molecule has 0 aliphatic carbocycles. The Labute approximate surface area is 72.8 Å². The lowest BCUT2D eigenvalue weighted by atomic mass is 10.0. The summed E-state index contributed by atoms with van der Waals surface area (Å²) in [6, 6.07) is 0. The summed E-state index contributed by atoms with van der Waals surface area (Å²) in [6.45, 7) is 3.93. The van der Waals surface area contributed by atoms with E-state index in [0.717, 1.165) is 25.9 Å². The maximum absolute atomic E-state index is 5.44. The predicted octanol–water partition coefficient (Wildman–Crippen LogP) is 0.653. The molecule has 4 nitrogen and oxygen atoms in total. The number of hydrogen-bond acceptors (Lipinski definition) is 3. The fourth-order valence-corrected chi connectivity index (χ4v) is 1.13. The van der Waals surface area contributed by atoms with Gasteiger partial charge in [-0.05, 0) is 25.3 Å². The van der Waals surface area contributed by atoms with E-state index in [-0.39, 0.29) is 0 Å². The Kier molecular flexibility index (Phi) is 3.73. The van der Waals surface area contributed by atoms with Crippen LogP contribution in [0.4, 0.5) is 0 Å². The number of nitrogens with two attached hydrogens (primary N) is 1. The quantitative estimate of drug-likeness (QED) is 0.702. The van der Waals surface area contributed by atoms with Crippen LogP contribution in [-0.4, -0.2) is 21.3 Å². The summed E-state index contributed by atoms with van der Waals surface area (Å²) in [5.41, 5.74) is 5.44. The second-order valence-corrected chi connectivity index (χ2v) is 3.13. The molecule has 0 spiro atoms. The van der Waals surface area contributed by atoms with Crippen molar-refractivity contribution < 1.29 is 0 Å². The van der Waals surface area contributed by atoms with Crippen LogP contribution >= 0.6 is 0 Å². The molecular formula is C8H16N4. The fraction of sp³-hybridized carbons (Fsp3) is 0.750. The maximum atomic E-state index is 5.44. The van der Waals surface area contributed by atoms with Crippen molar-refractivity contribution in [2.75, 3.05) is 6.54 Å². The van der Waals surface area contributed by atoms with Gasteiger partial charge in [0.05, 0.1) is 0 Å². The molecule has 1 aromatic rings. The largest absolute Gasteiger partial charge is 0.330 e. The van der Waals surface area contributed by atoms with E-state index in [1.807, 2.05) is 4.68 Å². The van der Waals surface area contributed by atoms with Gasteiger partial charge in [0.1, 0.15) is 12.7 Å². The van der Waals surface area contributed by atoms with E-state index in [1.165, 1.54) is 0 Å². The van der Waals surface area contributed by atoms with Crippen molar-refractivity contribution in [3.8, 4) is 0 Å². The summed E-state index contributed by atoms with van der Waals surface area (Å²) >= 11 is 0. The van der Waals surface area contributed by atoms with Crippen molar-refractivity contribution in [2.45, 2.75) is 26.3 Å². The monoisotopic (exact) mass is 168 g/mol. The molecule has 12 heavy (non-hydrogen) atoms. The van der Waals surface area contributed by atoms with Crippen molar-refractivity contribution in [2.24, 2.45) is 11.7 Å². The molecular weight excluding hydrogens is 152 g/mol. The minimum absolute atomic E-state index is 0.680. The van der Waals surface area contributed by atoms with Crippen LogP contribution in [0, 0.1) is 5.92 Å². The van der Waals surface area contributed by atoms with Crippen LogP contribution in [0.1, 0.15) is 19.8 Å². The number of hydrogen-bond donors (Lipinski definition) is 1. The van der Waals surface area contributed by atoms with Crippen LogP contribution in [-0.2, 0) is 6.54 Å². The topological polar surface area (TPSA) is 56.7 Å². The van der Waals surface area contributed by atoms with Gasteiger partial charge in [-0.2, -0.15) is 5.10 Å². The molecule has 1 atom stereocenters. The molecule has 0 fully saturated rings. The van der Waals surface area contributed by atoms with Crippen LogP contribution in [0.2, 0.25) is 0 Å². The zero-order valence-electron chi connectivity index (χ0n) is 7.48. The zero-order chi connectivity index (χ0) is 8.81. The molecule has 68 valence electrons. The smallest absolute Gasteiger partial charge is 0.137 e. The normalized spacial score (nSPS) is 13.2. The Balaban J connectivity index is 2.17. The minimum Gasteiger partial charge on any atom is -0.330 e. The Morgan fingerprint density at radius 3 is 2.92 bits per heavy atom. The Morgan fingerprint density at radius 1 is 1.50 bits per heavy atom. The first kappa shape index (κ1) is 9.19. The second-order valence-electron chi connectivity index (χ2n) is 3.13. The van der Waals surface area contributed by atoms with E-state index in [2.05, 4.69) is 17.0 Å². The summed E-state index contributed by atoms with van der Waals surface area (Å²) in [6.07, 6.45) is 5.53. The van der Waals surface area contributed by atoms with Gasteiger partial charge >= 0.3 is 0 Å². The highest BCUT2D eigenvalue weighted by Gasteiger charge is 2.00. The van der Waals surface area contributed by atoms with E-state index >= 15 is 0 Å². The molecule has 0 saturated heterocycles. The van der Waals surface area contributed by atoms with Crippen molar-refractivity contribution in [3.63, 3.8) is 0 Å². The standard InChI is InChI=1S/C8H16N4/c1-8(2-4-9)3-5-12-7-10-6-11-12/h6-8H,2-5,9H2,1H3. The molecule has 1 unspecified atom stereocenters. The van der Waals surface area contributed by atoms with Gasteiger partial charge in [0.25, 0.3) is 0 Å². The highest BCUT2D eigenvalue weighted by molar-refractivity contribution is 4.59. The molecule has 1 heterocycles. The lowest BCUT2D eigenvalue weighted by molar-refractivity contribution is 0.439. The second kappa shape index (κ2) is 4.87. The van der Waals surface area contributed by atoms with Crippen LogP contribution in [0.15, 0.2) is 12.7 Å². The SMILES string of the molecule is CC(CCN)CCn1cncn1. The summed E-state index contributed by atoms with van der Waals surface area (Å²) in [7, 11) is 0. The van der Waals surface area contributed by atoms with Gasteiger partial charge in [0, 0.05) is 6.54 Å². The Hall–Kier alpha value is -0.900. The summed E-state index contributed by atoms with van der Waals surface area (Å²) < 4.78 is 1.85. The first-order chi connectivity index (χ1) is 5.83. The van der Waals surface area contributed by atoms with Crippen LogP contribution < -0.4 is 5.73 Å². The van der Waals surface area contributed by atoms with E-state index in [1.54, 1.807) is 12.7 Å². The molecule has 0 aliphatic heterocycles. The van der Waals surface area contributed by atoms with E-state index in [9.17, 15) is 0 Å². The average molecular weight is 168 g/mol. The third kappa shape index (κ3) is 3.00. The lowest BCUT2D eigenvalue weighted by Gasteiger charge is -2.08. The molecule has 4 heteroatoms. The summed E-state index contributed by atoms with van der Waals surface area (Å²) in [5.74, 6) is 0.680. The predicted molar refractivity (Wildman–Crippen MR) is 47.5 cm³/mol. The highest BCUT2D eigenvalue weighted by Crippen LogP contribution is 2.06. The Morgan fingerprint density at radius 2 is 2.33 bits per heavy atom.